The molecule has 0 fully saturated rings. The Balaban J connectivity index is 2.34. The van der Waals surface area contributed by atoms with Gasteiger partial charge < -0.3 is 10.4 Å². The van der Waals surface area contributed by atoms with Gasteiger partial charge in [-0.3, -0.25) is 0 Å². The van der Waals surface area contributed by atoms with E-state index in [4.69, 9.17) is 11.6 Å². The summed E-state index contributed by atoms with van der Waals surface area (Å²) >= 11 is 5.87. The number of halogens is 2. The molecule has 2 aromatic carbocycles. The van der Waals surface area contributed by atoms with E-state index in [1.165, 1.54) is 18.2 Å². The Morgan fingerprint density at radius 2 is 2.05 bits per heavy atom. The van der Waals surface area contributed by atoms with Gasteiger partial charge in [0.05, 0.1) is 0 Å². The molecule has 104 valence electrons. The molecule has 0 saturated carbocycles. The molecule has 20 heavy (non-hydrogen) atoms. The molecule has 3 nitrogen and oxygen atoms in total. The van der Waals surface area contributed by atoms with Crippen molar-refractivity contribution in [2.24, 2.45) is 0 Å². The van der Waals surface area contributed by atoms with E-state index in [0.717, 1.165) is 0 Å². The summed E-state index contributed by atoms with van der Waals surface area (Å²) in [5, 5.41) is 12.8. The summed E-state index contributed by atoms with van der Waals surface area (Å²) in [5.41, 5.74) is 1.68. The minimum atomic E-state index is -1.04. The predicted molar refractivity (Wildman–Crippen MR) is 76.6 cm³/mol. The fraction of sp³-hybridized carbons (Fsp3) is 0.133. The van der Waals surface area contributed by atoms with Crippen molar-refractivity contribution in [2.75, 3.05) is 5.32 Å². The van der Waals surface area contributed by atoms with Crippen molar-refractivity contribution in [3.63, 3.8) is 0 Å². The van der Waals surface area contributed by atoms with Crippen molar-refractivity contribution < 1.29 is 14.3 Å². The van der Waals surface area contributed by atoms with Crippen LogP contribution in [0.4, 0.5) is 10.1 Å². The zero-order chi connectivity index (χ0) is 14.7. The topological polar surface area (TPSA) is 49.3 Å². The molecule has 0 aliphatic carbocycles. The van der Waals surface area contributed by atoms with Crippen LogP contribution in [0.5, 0.6) is 0 Å². The third-order valence-corrected chi connectivity index (χ3v) is 3.16. The number of carboxylic acid groups (broad SMARTS) is 1. The number of aliphatic carboxylic acids is 1. The van der Waals surface area contributed by atoms with Gasteiger partial charge >= 0.3 is 5.97 Å². The molecule has 0 spiro atoms. The number of aryl methyl sites for hydroxylation is 1. The maximum Gasteiger partial charge on any atom is 0.330 e. The number of carbonyl (C=O) groups is 1. The van der Waals surface area contributed by atoms with Crippen LogP contribution in [0.25, 0.3) is 0 Å². The van der Waals surface area contributed by atoms with Crippen LogP contribution in [0.3, 0.4) is 0 Å². The van der Waals surface area contributed by atoms with E-state index in [1.807, 2.05) is 0 Å². The lowest BCUT2D eigenvalue weighted by Crippen LogP contribution is -2.21. The molecule has 2 N–H and O–H groups in total. The Bertz CT molecular complexity index is 646. The van der Waals surface area contributed by atoms with Gasteiger partial charge in [0.1, 0.15) is 5.82 Å². The average Bonchev–Trinajstić information content (AvgIpc) is 2.36. The molecule has 1 atom stereocenters. The molecule has 0 aliphatic heterocycles. The van der Waals surface area contributed by atoms with Gasteiger partial charge in [-0.1, -0.05) is 23.7 Å². The summed E-state index contributed by atoms with van der Waals surface area (Å²) < 4.78 is 13.1. The highest BCUT2D eigenvalue weighted by molar-refractivity contribution is 6.30. The smallest absolute Gasteiger partial charge is 0.330 e. The van der Waals surface area contributed by atoms with Gasteiger partial charge in [-0.15, -0.1) is 0 Å². The fourth-order valence-electron chi connectivity index (χ4n) is 1.98. The van der Waals surface area contributed by atoms with Crippen LogP contribution in [0.1, 0.15) is 17.2 Å². The number of anilines is 1. The van der Waals surface area contributed by atoms with Crippen LogP contribution in [0.2, 0.25) is 5.02 Å². The molecule has 0 aliphatic rings. The highest BCUT2D eigenvalue weighted by Crippen LogP contribution is 2.25. The molecule has 1 unspecified atom stereocenters. The van der Waals surface area contributed by atoms with E-state index in [9.17, 15) is 14.3 Å². The summed E-state index contributed by atoms with van der Waals surface area (Å²) in [4.78, 5) is 11.4. The van der Waals surface area contributed by atoms with Crippen LogP contribution in [-0.4, -0.2) is 11.1 Å². The molecular formula is C15H13ClFNO2. The first-order chi connectivity index (χ1) is 9.47. The second-order valence-corrected chi connectivity index (χ2v) is 4.86. The lowest BCUT2D eigenvalue weighted by molar-refractivity contribution is -0.138. The summed E-state index contributed by atoms with van der Waals surface area (Å²) in [7, 11) is 0. The lowest BCUT2D eigenvalue weighted by atomic mass is 10.0. The Labute approximate surface area is 121 Å². The second-order valence-electron chi connectivity index (χ2n) is 4.43. The van der Waals surface area contributed by atoms with E-state index in [1.54, 1.807) is 31.2 Å². The van der Waals surface area contributed by atoms with E-state index < -0.39 is 17.8 Å². The molecule has 0 bridgehead atoms. The maximum atomic E-state index is 13.1. The number of carboxylic acids is 1. The van der Waals surface area contributed by atoms with Crippen molar-refractivity contribution in [3.05, 3.63) is 64.4 Å². The SMILES string of the molecule is Cc1cc(F)ccc1C(Nc1cccc(Cl)c1)C(=O)O. The van der Waals surface area contributed by atoms with Crippen molar-refractivity contribution in [3.8, 4) is 0 Å². The largest absolute Gasteiger partial charge is 0.479 e. The molecule has 2 rings (SSSR count). The summed E-state index contributed by atoms with van der Waals surface area (Å²) in [5.74, 6) is -1.43. The molecule has 0 heterocycles. The predicted octanol–water partition coefficient (Wildman–Crippen LogP) is 4.03. The normalized spacial score (nSPS) is 11.9. The number of hydrogen-bond acceptors (Lipinski definition) is 2. The molecule has 2 aromatic rings. The Hall–Kier alpha value is -2.07. The first kappa shape index (κ1) is 14.3. The minimum Gasteiger partial charge on any atom is -0.479 e. The van der Waals surface area contributed by atoms with Crippen molar-refractivity contribution in [1.29, 1.82) is 0 Å². The molecule has 0 amide bonds. The fourth-order valence-corrected chi connectivity index (χ4v) is 2.17. The highest BCUT2D eigenvalue weighted by atomic mass is 35.5. The van der Waals surface area contributed by atoms with Crippen molar-refractivity contribution in [1.82, 2.24) is 0 Å². The average molecular weight is 294 g/mol. The van der Waals surface area contributed by atoms with E-state index in [-0.39, 0.29) is 0 Å². The lowest BCUT2D eigenvalue weighted by Gasteiger charge is -2.18. The van der Waals surface area contributed by atoms with Gasteiger partial charge in [0, 0.05) is 10.7 Å². The van der Waals surface area contributed by atoms with Crippen LogP contribution < -0.4 is 5.32 Å². The number of rotatable bonds is 4. The minimum absolute atomic E-state index is 0.391. The highest BCUT2D eigenvalue weighted by Gasteiger charge is 2.21. The van der Waals surface area contributed by atoms with Crippen molar-refractivity contribution in [2.45, 2.75) is 13.0 Å². The monoisotopic (exact) mass is 293 g/mol. The van der Waals surface area contributed by atoms with Gasteiger partial charge in [-0.25, -0.2) is 9.18 Å². The van der Waals surface area contributed by atoms with Gasteiger partial charge in [0.2, 0.25) is 0 Å². The van der Waals surface area contributed by atoms with Crippen LogP contribution in [0.15, 0.2) is 42.5 Å². The maximum absolute atomic E-state index is 13.1. The van der Waals surface area contributed by atoms with E-state index in [0.29, 0.717) is 21.8 Å². The van der Waals surface area contributed by atoms with E-state index in [2.05, 4.69) is 5.32 Å². The molecule has 0 radical (unpaired) electrons. The summed E-state index contributed by atoms with van der Waals surface area (Å²) in [6.07, 6.45) is 0. The zero-order valence-electron chi connectivity index (χ0n) is 10.7. The summed E-state index contributed by atoms with van der Waals surface area (Å²) in [6, 6.07) is 9.85. The van der Waals surface area contributed by atoms with E-state index >= 15 is 0 Å². The zero-order valence-corrected chi connectivity index (χ0v) is 11.5. The Morgan fingerprint density at radius 1 is 1.30 bits per heavy atom. The molecule has 0 saturated heterocycles. The van der Waals surface area contributed by atoms with Crippen LogP contribution in [-0.2, 0) is 4.79 Å². The number of hydrogen-bond donors (Lipinski definition) is 2. The van der Waals surface area contributed by atoms with Crippen LogP contribution in [0, 0.1) is 12.7 Å². The number of benzene rings is 2. The Morgan fingerprint density at radius 3 is 2.65 bits per heavy atom. The standard InChI is InChI=1S/C15H13ClFNO2/c1-9-7-11(17)5-6-13(9)14(15(19)20)18-12-4-2-3-10(16)8-12/h2-8,14,18H,1H3,(H,19,20). The third-order valence-electron chi connectivity index (χ3n) is 2.93. The van der Waals surface area contributed by atoms with Crippen LogP contribution >= 0.6 is 11.6 Å². The number of nitrogens with one attached hydrogen (secondary N) is 1. The first-order valence-corrected chi connectivity index (χ1v) is 6.36. The molecular weight excluding hydrogens is 281 g/mol. The first-order valence-electron chi connectivity index (χ1n) is 5.98. The quantitative estimate of drug-likeness (QED) is 0.895. The second kappa shape index (κ2) is 5.92. The van der Waals surface area contributed by atoms with Gasteiger partial charge in [-0.05, 0) is 48.4 Å². The molecule has 0 aromatic heterocycles. The summed E-state index contributed by atoms with van der Waals surface area (Å²) in [6.45, 7) is 1.67. The molecule has 5 heteroatoms. The van der Waals surface area contributed by atoms with Crippen molar-refractivity contribution >= 4 is 23.3 Å². The Kier molecular flexibility index (Phi) is 4.25. The van der Waals surface area contributed by atoms with Gasteiger partial charge in [0.15, 0.2) is 6.04 Å². The van der Waals surface area contributed by atoms with Gasteiger partial charge in [0.25, 0.3) is 0 Å². The third kappa shape index (κ3) is 3.27. The van der Waals surface area contributed by atoms with Gasteiger partial charge in [-0.2, -0.15) is 0 Å².